The highest BCUT2D eigenvalue weighted by Gasteiger charge is 2.21. The van der Waals surface area contributed by atoms with Crippen molar-refractivity contribution in [1.29, 1.82) is 0 Å². The minimum Gasteiger partial charge on any atom is -0.480 e. The van der Waals surface area contributed by atoms with Crippen LogP contribution < -0.4 is 10.9 Å². The Morgan fingerprint density at radius 1 is 1.33 bits per heavy atom. The Morgan fingerprint density at radius 3 is 2.62 bits per heavy atom. The standard InChI is InChI=1S/C14H21N3O4/c1-3-5-6-11(14(20)21)15-13(19)10-7-8-12(18)17(16-10)9-4-2/h7-8,11H,3-6,9H2,1-2H3,(H,15,19)(H,20,21). The van der Waals surface area contributed by atoms with E-state index in [9.17, 15) is 14.4 Å². The van der Waals surface area contributed by atoms with E-state index in [1.807, 2.05) is 13.8 Å². The lowest BCUT2D eigenvalue weighted by Crippen LogP contribution is -2.41. The normalized spacial score (nSPS) is 11.9. The van der Waals surface area contributed by atoms with Crippen molar-refractivity contribution < 1.29 is 14.7 Å². The molecule has 0 fully saturated rings. The van der Waals surface area contributed by atoms with Gasteiger partial charge in [-0.3, -0.25) is 9.59 Å². The van der Waals surface area contributed by atoms with Gasteiger partial charge in [0.25, 0.3) is 11.5 Å². The number of aliphatic carboxylic acids is 1. The average Bonchev–Trinajstić information content (AvgIpc) is 2.45. The Labute approximate surface area is 123 Å². The van der Waals surface area contributed by atoms with Gasteiger partial charge in [-0.2, -0.15) is 5.10 Å². The number of carboxylic acids is 1. The summed E-state index contributed by atoms with van der Waals surface area (Å²) in [7, 11) is 0. The van der Waals surface area contributed by atoms with E-state index in [0.29, 0.717) is 25.8 Å². The summed E-state index contributed by atoms with van der Waals surface area (Å²) in [5.41, 5.74) is -0.236. The van der Waals surface area contributed by atoms with Gasteiger partial charge in [-0.25, -0.2) is 9.48 Å². The van der Waals surface area contributed by atoms with E-state index in [1.54, 1.807) is 0 Å². The second kappa shape index (κ2) is 8.18. The van der Waals surface area contributed by atoms with Crippen LogP contribution in [-0.4, -0.2) is 32.8 Å². The van der Waals surface area contributed by atoms with Gasteiger partial charge >= 0.3 is 5.97 Å². The van der Waals surface area contributed by atoms with E-state index in [0.717, 1.165) is 6.42 Å². The quantitative estimate of drug-likeness (QED) is 0.745. The molecule has 0 radical (unpaired) electrons. The summed E-state index contributed by atoms with van der Waals surface area (Å²) >= 11 is 0. The van der Waals surface area contributed by atoms with Crippen molar-refractivity contribution in [2.75, 3.05) is 0 Å². The fourth-order valence-corrected chi connectivity index (χ4v) is 1.84. The Kier molecular flexibility index (Phi) is 6.58. The van der Waals surface area contributed by atoms with Crippen molar-refractivity contribution in [3.8, 4) is 0 Å². The van der Waals surface area contributed by atoms with Crippen LogP contribution in [0.3, 0.4) is 0 Å². The van der Waals surface area contributed by atoms with Gasteiger partial charge in [0.1, 0.15) is 11.7 Å². The van der Waals surface area contributed by atoms with Crippen molar-refractivity contribution in [3.63, 3.8) is 0 Å². The Bertz CT molecular complexity index is 553. The number of rotatable bonds is 8. The van der Waals surface area contributed by atoms with E-state index < -0.39 is 17.9 Å². The topological polar surface area (TPSA) is 101 Å². The number of hydrogen-bond acceptors (Lipinski definition) is 4. The molecule has 1 heterocycles. The van der Waals surface area contributed by atoms with Crippen LogP contribution in [0.4, 0.5) is 0 Å². The molecule has 0 aliphatic rings. The van der Waals surface area contributed by atoms with Crippen LogP contribution in [-0.2, 0) is 11.3 Å². The molecule has 0 saturated heterocycles. The van der Waals surface area contributed by atoms with E-state index >= 15 is 0 Å². The van der Waals surface area contributed by atoms with Gasteiger partial charge in [-0.1, -0.05) is 26.7 Å². The number of nitrogens with zero attached hydrogens (tertiary/aromatic N) is 2. The van der Waals surface area contributed by atoms with E-state index in [2.05, 4.69) is 10.4 Å². The van der Waals surface area contributed by atoms with E-state index in [1.165, 1.54) is 16.8 Å². The minimum absolute atomic E-state index is 0.0470. The monoisotopic (exact) mass is 295 g/mol. The molecule has 0 aliphatic heterocycles. The van der Waals surface area contributed by atoms with Crippen LogP contribution in [0.2, 0.25) is 0 Å². The molecule has 0 bridgehead atoms. The molecule has 0 saturated carbocycles. The molecule has 1 unspecified atom stereocenters. The second-order valence-electron chi connectivity index (χ2n) is 4.79. The molecular formula is C14H21N3O4. The lowest BCUT2D eigenvalue weighted by atomic mass is 10.1. The van der Waals surface area contributed by atoms with Crippen LogP contribution in [0.25, 0.3) is 0 Å². The summed E-state index contributed by atoms with van der Waals surface area (Å²) in [5.74, 6) is -1.65. The smallest absolute Gasteiger partial charge is 0.326 e. The highest BCUT2D eigenvalue weighted by molar-refractivity contribution is 5.94. The molecule has 1 atom stereocenters. The number of amides is 1. The fraction of sp³-hybridized carbons (Fsp3) is 0.571. The van der Waals surface area contributed by atoms with Gasteiger partial charge < -0.3 is 10.4 Å². The largest absolute Gasteiger partial charge is 0.480 e. The summed E-state index contributed by atoms with van der Waals surface area (Å²) < 4.78 is 1.21. The molecular weight excluding hydrogens is 274 g/mol. The van der Waals surface area contributed by atoms with Gasteiger partial charge in [0.15, 0.2) is 0 Å². The summed E-state index contributed by atoms with van der Waals surface area (Å²) in [6.45, 7) is 4.26. The fourth-order valence-electron chi connectivity index (χ4n) is 1.84. The van der Waals surface area contributed by atoms with Crippen LogP contribution >= 0.6 is 0 Å². The summed E-state index contributed by atoms with van der Waals surface area (Å²) in [5, 5.41) is 15.5. The number of hydrogen-bond donors (Lipinski definition) is 2. The molecule has 21 heavy (non-hydrogen) atoms. The lowest BCUT2D eigenvalue weighted by Gasteiger charge is -2.14. The second-order valence-corrected chi connectivity index (χ2v) is 4.79. The zero-order valence-corrected chi connectivity index (χ0v) is 12.3. The van der Waals surface area contributed by atoms with Crippen LogP contribution in [0, 0.1) is 0 Å². The first-order chi connectivity index (χ1) is 9.99. The summed E-state index contributed by atoms with van der Waals surface area (Å²) in [6, 6.07) is 1.63. The summed E-state index contributed by atoms with van der Waals surface area (Å²) in [4.78, 5) is 34.7. The molecule has 7 heteroatoms. The number of aromatic nitrogens is 2. The van der Waals surface area contributed by atoms with E-state index in [-0.39, 0.29) is 11.3 Å². The lowest BCUT2D eigenvalue weighted by molar-refractivity contribution is -0.139. The van der Waals surface area contributed by atoms with Gasteiger partial charge in [-0.05, 0) is 18.9 Å². The molecule has 7 nitrogen and oxygen atoms in total. The third kappa shape index (κ3) is 5.02. The number of nitrogens with one attached hydrogen (secondary N) is 1. The zero-order chi connectivity index (χ0) is 15.8. The summed E-state index contributed by atoms with van der Waals surface area (Å²) in [6.07, 6.45) is 2.64. The zero-order valence-electron chi connectivity index (χ0n) is 12.3. The van der Waals surface area contributed by atoms with Gasteiger partial charge in [0.05, 0.1) is 0 Å². The molecule has 1 aromatic heterocycles. The predicted octanol–water partition coefficient (Wildman–Crippen LogP) is 1.03. The highest BCUT2D eigenvalue weighted by atomic mass is 16.4. The maximum Gasteiger partial charge on any atom is 0.326 e. The molecule has 1 rings (SSSR count). The van der Waals surface area contributed by atoms with E-state index in [4.69, 9.17) is 5.11 Å². The molecule has 0 spiro atoms. The van der Waals surface area contributed by atoms with Gasteiger partial charge in [0.2, 0.25) is 0 Å². The number of carbonyl (C=O) groups excluding carboxylic acids is 1. The first-order valence-electron chi connectivity index (χ1n) is 7.11. The molecule has 2 N–H and O–H groups in total. The Hall–Kier alpha value is -2.18. The third-order valence-corrected chi connectivity index (χ3v) is 2.98. The van der Waals surface area contributed by atoms with Crippen molar-refractivity contribution in [1.82, 2.24) is 15.1 Å². The maximum atomic E-state index is 12.0. The van der Waals surface area contributed by atoms with Crippen LogP contribution in [0.15, 0.2) is 16.9 Å². The van der Waals surface area contributed by atoms with Gasteiger partial charge in [0, 0.05) is 12.6 Å². The number of aryl methyl sites for hydroxylation is 1. The molecule has 1 aromatic rings. The van der Waals surface area contributed by atoms with Crippen molar-refractivity contribution >= 4 is 11.9 Å². The molecule has 0 aromatic carbocycles. The first-order valence-corrected chi connectivity index (χ1v) is 7.11. The third-order valence-electron chi connectivity index (χ3n) is 2.98. The highest BCUT2D eigenvalue weighted by Crippen LogP contribution is 2.02. The van der Waals surface area contributed by atoms with Crippen molar-refractivity contribution in [3.05, 3.63) is 28.2 Å². The van der Waals surface area contributed by atoms with Gasteiger partial charge in [-0.15, -0.1) is 0 Å². The van der Waals surface area contributed by atoms with Crippen LogP contribution in [0.5, 0.6) is 0 Å². The maximum absolute atomic E-state index is 12.0. The first kappa shape index (κ1) is 16.9. The van der Waals surface area contributed by atoms with Crippen molar-refractivity contribution in [2.24, 2.45) is 0 Å². The Morgan fingerprint density at radius 2 is 2.05 bits per heavy atom. The van der Waals surface area contributed by atoms with Crippen LogP contribution in [0.1, 0.15) is 50.0 Å². The molecule has 0 aliphatic carbocycles. The Balaban J connectivity index is 2.84. The average molecular weight is 295 g/mol. The molecule has 1 amide bonds. The van der Waals surface area contributed by atoms with Crippen molar-refractivity contribution in [2.45, 2.75) is 52.1 Å². The SMILES string of the molecule is CCCCC(NC(=O)c1ccc(=O)n(CCC)n1)C(=O)O. The number of carbonyl (C=O) groups is 2. The number of unbranched alkanes of at least 4 members (excludes halogenated alkanes) is 1. The predicted molar refractivity (Wildman–Crippen MR) is 77.2 cm³/mol. The molecule has 116 valence electrons. The number of carboxylic acid groups (broad SMARTS) is 1. The minimum atomic E-state index is -1.07.